The summed E-state index contributed by atoms with van der Waals surface area (Å²) >= 11 is 4.06. The van der Waals surface area contributed by atoms with Crippen LogP contribution in [0.4, 0.5) is 0 Å². The lowest BCUT2D eigenvalue weighted by Gasteiger charge is -2.49. The van der Waals surface area contributed by atoms with Crippen molar-refractivity contribution in [1.82, 2.24) is 30.7 Å². The number of β-lactam (4-membered cyclic amide) rings is 1. The molecule has 1 saturated heterocycles. The maximum absolute atomic E-state index is 13.5. The molecular formula is C26H24N6O7S3. The van der Waals surface area contributed by atoms with Crippen LogP contribution in [0, 0.1) is 6.92 Å². The largest absolute Gasteiger partial charge is 0.507 e. The highest BCUT2D eigenvalue weighted by molar-refractivity contribution is 8.01. The summed E-state index contributed by atoms with van der Waals surface area (Å²) in [7, 11) is 0. The summed E-state index contributed by atoms with van der Waals surface area (Å²) in [5, 5.41) is 42.8. The van der Waals surface area contributed by atoms with Crippen molar-refractivity contribution in [2.45, 2.75) is 35.3 Å². The number of aliphatic hydroxyl groups excluding tert-OH is 1. The minimum absolute atomic E-state index is 0.112. The zero-order valence-corrected chi connectivity index (χ0v) is 24.3. The lowest BCUT2D eigenvalue weighted by Crippen LogP contribution is -2.71. The van der Waals surface area contributed by atoms with Gasteiger partial charge >= 0.3 is 5.97 Å². The number of aryl methyl sites for hydroxylation is 1. The number of thioether (sulfide) groups is 2. The van der Waals surface area contributed by atoms with E-state index in [1.165, 1.54) is 52.0 Å². The summed E-state index contributed by atoms with van der Waals surface area (Å²) in [6, 6.07) is 5.21. The number of aromatic hydroxyl groups is 1. The van der Waals surface area contributed by atoms with Gasteiger partial charge in [-0.25, -0.2) is 4.79 Å². The first-order valence-electron chi connectivity index (χ1n) is 12.4. The summed E-state index contributed by atoms with van der Waals surface area (Å²) in [6.07, 6.45) is 2.46. The topological polar surface area (TPSA) is 195 Å². The van der Waals surface area contributed by atoms with E-state index >= 15 is 0 Å². The molecule has 218 valence electrons. The monoisotopic (exact) mass is 628 g/mol. The number of nitrogens with one attached hydrogen (secondary N) is 2. The lowest BCUT2D eigenvalue weighted by molar-refractivity contribution is -0.151. The number of amides is 3. The van der Waals surface area contributed by atoms with Gasteiger partial charge < -0.3 is 26.0 Å². The van der Waals surface area contributed by atoms with Gasteiger partial charge in [0, 0.05) is 23.9 Å². The fourth-order valence-electron chi connectivity index (χ4n) is 4.40. The van der Waals surface area contributed by atoms with Crippen molar-refractivity contribution in [3.8, 4) is 5.75 Å². The Labute approximate surface area is 251 Å². The van der Waals surface area contributed by atoms with Crippen LogP contribution < -0.4 is 10.6 Å². The molecule has 3 aromatic rings. The fraction of sp³-hybridized carbons (Fsp3) is 0.269. The second-order valence-electron chi connectivity index (χ2n) is 9.23. The number of carboxylic acid groups (broad SMARTS) is 1. The number of aliphatic hydroxyl groups is 1. The molecule has 0 aliphatic carbocycles. The molecule has 1 aromatic carbocycles. The fourth-order valence-corrected chi connectivity index (χ4v) is 7.70. The molecule has 1 fully saturated rings. The number of carbonyl (C=O) groups excluding carboxylic acids is 3. The molecule has 2 aliphatic heterocycles. The number of carbonyl (C=O) groups is 4. The van der Waals surface area contributed by atoms with E-state index in [1.807, 2.05) is 6.92 Å². The van der Waals surface area contributed by atoms with Gasteiger partial charge in [-0.15, -0.1) is 22.0 Å². The summed E-state index contributed by atoms with van der Waals surface area (Å²) in [5.41, 5.74) is 1.24. The smallest absolute Gasteiger partial charge is 0.352 e. The Morgan fingerprint density at radius 1 is 1.19 bits per heavy atom. The van der Waals surface area contributed by atoms with Gasteiger partial charge in [-0.05, 0) is 29.7 Å². The average Bonchev–Trinajstić information content (AvgIpc) is 3.41. The molecule has 4 heterocycles. The number of carboxylic acids is 1. The summed E-state index contributed by atoms with van der Waals surface area (Å²) in [5.74, 6) is -3.00. The van der Waals surface area contributed by atoms with Crippen LogP contribution in [0.2, 0.25) is 0 Å². The number of fused-ring (bicyclic) bond motifs is 1. The molecule has 3 atom stereocenters. The minimum atomic E-state index is -1.28. The van der Waals surface area contributed by atoms with Crippen molar-refractivity contribution in [2.24, 2.45) is 0 Å². The summed E-state index contributed by atoms with van der Waals surface area (Å²) in [6.45, 7) is 1.60. The lowest BCUT2D eigenvalue weighted by atomic mass is 10.00. The molecule has 2 unspecified atom stereocenters. The number of aliphatic carboxylic acids is 1. The van der Waals surface area contributed by atoms with Crippen LogP contribution in [0.1, 0.15) is 32.5 Å². The van der Waals surface area contributed by atoms with Crippen molar-refractivity contribution in [3.05, 3.63) is 75.7 Å². The van der Waals surface area contributed by atoms with Gasteiger partial charge in [0.1, 0.15) is 33.9 Å². The van der Waals surface area contributed by atoms with E-state index in [0.29, 0.717) is 32.5 Å². The molecule has 0 bridgehead atoms. The van der Waals surface area contributed by atoms with E-state index in [9.17, 15) is 34.5 Å². The highest BCUT2D eigenvalue weighted by Gasteiger charge is 2.54. The van der Waals surface area contributed by atoms with Crippen LogP contribution in [0.5, 0.6) is 5.75 Å². The average molecular weight is 629 g/mol. The molecule has 0 spiro atoms. The Kier molecular flexibility index (Phi) is 8.77. The molecule has 16 heteroatoms. The van der Waals surface area contributed by atoms with Crippen LogP contribution >= 0.6 is 34.9 Å². The second-order valence-corrected chi connectivity index (χ2v) is 12.7. The van der Waals surface area contributed by atoms with Gasteiger partial charge in [-0.1, -0.05) is 47.4 Å². The van der Waals surface area contributed by atoms with Gasteiger partial charge in [0.15, 0.2) is 4.34 Å². The zero-order valence-electron chi connectivity index (χ0n) is 21.9. The Morgan fingerprint density at radius 2 is 1.95 bits per heavy atom. The maximum Gasteiger partial charge on any atom is 0.352 e. The first kappa shape index (κ1) is 29.5. The van der Waals surface area contributed by atoms with Gasteiger partial charge in [-0.2, -0.15) is 0 Å². The quantitative estimate of drug-likeness (QED) is 0.160. The predicted octanol–water partition coefficient (Wildman–Crippen LogP) is 1.44. The molecule has 13 nitrogen and oxygen atoms in total. The van der Waals surface area contributed by atoms with Crippen LogP contribution in [-0.4, -0.2) is 82.0 Å². The molecule has 0 saturated carbocycles. The van der Waals surface area contributed by atoms with Gasteiger partial charge in [-0.3, -0.25) is 24.3 Å². The third kappa shape index (κ3) is 5.97. The summed E-state index contributed by atoms with van der Waals surface area (Å²) in [4.78, 5) is 56.9. The molecule has 42 heavy (non-hydrogen) atoms. The van der Waals surface area contributed by atoms with E-state index in [-0.39, 0.29) is 23.6 Å². The van der Waals surface area contributed by atoms with Crippen molar-refractivity contribution >= 4 is 58.6 Å². The van der Waals surface area contributed by atoms with E-state index in [1.54, 1.807) is 24.3 Å². The van der Waals surface area contributed by atoms with Crippen LogP contribution in [0.3, 0.4) is 0 Å². The third-order valence-corrected chi connectivity index (χ3v) is 9.90. The molecule has 5 N–H and O–H groups in total. The molecule has 3 amide bonds. The normalized spacial score (nSPS) is 18.6. The van der Waals surface area contributed by atoms with Gasteiger partial charge in [0.05, 0.1) is 12.2 Å². The Hall–Kier alpha value is -3.99. The number of rotatable bonds is 10. The molecule has 2 aliphatic rings. The Morgan fingerprint density at radius 3 is 2.60 bits per heavy atom. The van der Waals surface area contributed by atoms with E-state index in [2.05, 4.69) is 25.8 Å². The Balaban J connectivity index is 1.34. The van der Waals surface area contributed by atoms with Crippen LogP contribution in [-0.2, 0) is 21.0 Å². The number of nitrogens with zero attached hydrogens (tertiary/aromatic N) is 4. The first-order chi connectivity index (χ1) is 20.2. The number of hydrogen-bond acceptors (Lipinski definition) is 12. The molecule has 5 rings (SSSR count). The number of pyridine rings is 1. The van der Waals surface area contributed by atoms with Crippen molar-refractivity contribution in [1.29, 1.82) is 0 Å². The zero-order chi connectivity index (χ0) is 30.0. The molecule has 0 radical (unpaired) electrons. The number of benzene rings is 1. The van der Waals surface area contributed by atoms with Crippen LogP contribution in [0.15, 0.2) is 58.3 Å². The van der Waals surface area contributed by atoms with Gasteiger partial charge in [0.25, 0.3) is 11.8 Å². The van der Waals surface area contributed by atoms with E-state index in [0.717, 1.165) is 11.2 Å². The summed E-state index contributed by atoms with van der Waals surface area (Å²) < 4.78 is 0.691. The Bertz CT molecular complexity index is 1580. The van der Waals surface area contributed by atoms with Crippen molar-refractivity contribution in [2.75, 3.05) is 11.5 Å². The number of aromatic nitrogens is 3. The van der Waals surface area contributed by atoms with E-state index in [4.69, 9.17) is 0 Å². The van der Waals surface area contributed by atoms with Crippen molar-refractivity contribution in [3.63, 3.8) is 0 Å². The second kappa shape index (κ2) is 12.5. The third-order valence-electron chi connectivity index (χ3n) is 6.50. The standard InChI is InChI=1S/C26H24N6O7S3/c1-12-30-31-26(42-12)41-11-15-10-40-24-19(23(37)32(24)20(15)25(38)39)29-22(36)18(14-4-2-13(9-33)3-5-14)28-21(35)16-8-27-7-6-17(16)34/h2-8,18-19,24,33H,9-11H2,1H3,(H,27,34)(H,28,35)(H,29,36)(H,38,39)/t18?,19?,24-/m0/s1. The molecular weight excluding hydrogens is 605 g/mol. The van der Waals surface area contributed by atoms with Gasteiger partial charge in [0.2, 0.25) is 5.91 Å². The van der Waals surface area contributed by atoms with E-state index < -0.39 is 41.1 Å². The van der Waals surface area contributed by atoms with Crippen molar-refractivity contribution < 1.29 is 34.5 Å². The maximum atomic E-state index is 13.5. The van der Waals surface area contributed by atoms with Crippen LogP contribution in [0.25, 0.3) is 0 Å². The first-order valence-corrected chi connectivity index (χ1v) is 15.3. The number of hydrogen-bond donors (Lipinski definition) is 5. The SMILES string of the molecule is Cc1nnc(SCC2=C(C(=O)O)N3C(=O)C(NC(=O)C(NC(=O)c4cnccc4O)c4ccc(CO)cc4)[C@@H]3SC2)s1. The molecule has 2 aromatic heterocycles. The highest BCUT2D eigenvalue weighted by atomic mass is 32.2. The predicted molar refractivity (Wildman–Crippen MR) is 154 cm³/mol. The minimum Gasteiger partial charge on any atom is -0.507 e. The highest BCUT2D eigenvalue weighted by Crippen LogP contribution is 2.42.